The molecule has 1 fully saturated rings. The lowest BCUT2D eigenvalue weighted by Crippen LogP contribution is -2.60. The second-order valence-corrected chi connectivity index (χ2v) is 11.5. The van der Waals surface area contributed by atoms with E-state index in [2.05, 4.69) is 86.0 Å². The summed E-state index contributed by atoms with van der Waals surface area (Å²) in [7, 11) is 0. The highest BCUT2D eigenvalue weighted by Gasteiger charge is 2.44. The molecule has 0 spiro atoms. The highest BCUT2D eigenvalue weighted by Crippen LogP contribution is 2.22. The molecule has 1 aliphatic heterocycles. The minimum absolute atomic E-state index is 0.0960. The maximum atomic E-state index is 12.8. The van der Waals surface area contributed by atoms with Crippen LogP contribution in [0.1, 0.15) is 84.5 Å². The molecular weight excluding hydrogens is 610 g/mol. The Bertz CT molecular complexity index is 1060. The average Bonchev–Trinajstić information content (AvgIpc) is 3.08. The Kier molecular flexibility index (Phi) is 26.1. The van der Waals surface area contributed by atoms with Crippen molar-refractivity contribution >= 4 is 5.91 Å². The van der Waals surface area contributed by atoms with E-state index >= 15 is 0 Å². The summed E-state index contributed by atoms with van der Waals surface area (Å²) < 4.78 is 11.1. The standard InChI is InChI=1S/C39H61NO8/c1-3-5-7-9-11-13-15-16-17-18-19-21-23-25-27-29-35(43)40-32(31-47-39-38(46)37(45)36(44)34(30-41)48-39)33(42)28-26-24-22-20-14-12-10-8-6-4-2/h5-8,11,13-14,16-17,19-21,25-28,32-34,36-39,41-42,44-46H,3-4,9-10,12,15,18,22-24,29-31H2,1-2H3,(H,40,43)/b7-5-,8-6+,13-11-,17-16-,20-14+,21-19-,27-25-,28-26+. The van der Waals surface area contributed by atoms with Gasteiger partial charge in [-0.05, 0) is 64.2 Å². The van der Waals surface area contributed by atoms with E-state index in [0.29, 0.717) is 12.8 Å². The molecule has 0 aromatic heterocycles. The number of ether oxygens (including phenoxy) is 2. The van der Waals surface area contributed by atoms with Crippen LogP contribution in [0.15, 0.2) is 97.2 Å². The molecule has 270 valence electrons. The third kappa shape index (κ3) is 20.5. The van der Waals surface area contributed by atoms with Gasteiger partial charge in [0.2, 0.25) is 5.91 Å². The predicted molar refractivity (Wildman–Crippen MR) is 193 cm³/mol. The van der Waals surface area contributed by atoms with E-state index in [4.69, 9.17) is 9.47 Å². The zero-order chi connectivity index (χ0) is 35.2. The summed E-state index contributed by atoms with van der Waals surface area (Å²) in [6, 6.07) is -0.884. The maximum absolute atomic E-state index is 12.8. The lowest BCUT2D eigenvalue weighted by atomic mass is 9.99. The van der Waals surface area contributed by atoms with Crippen molar-refractivity contribution in [2.24, 2.45) is 0 Å². The number of rotatable bonds is 25. The Labute approximate surface area is 288 Å². The summed E-state index contributed by atoms with van der Waals surface area (Å²) in [5.41, 5.74) is 0. The van der Waals surface area contributed by atoms with Crippen molar-refractivity contribution in [3.63, 3.8) is 0 Å². The fraction of sp³-hybridized carbons (Fsp3) is 0.564. The lowest BCUT2D eigenvalue weighted by molar-refractivity contribution is -0.302. The fourth-order valence-corrected chi connectivity index (χ4v) is 4.61. The third-order valence-corrected chi connectivity index (χ3v) is 7.41. The van der Waals surface area contributed by atoms with E-state index in [1.807, 2.05) is 18.2 Å². The highest BCUT2D eigenvalue weighted by molar-refractivity contribution is 5.77. The molecular formula is C39H61NO8. The van der Waals surface area contributed by atoms with Gasteiger partial charge in [-0.2, -0.15) is 0 Å². The number of hydrogen-bond acceptors (Lipinski definition) is 8. The summed E-state index contributed by atoms with van der Waals surface area (Å²) in [6.07, 6.45) is 33.5. The number of amides is 1. The lowest BCUT2D eigenvalue weighted by Gasteiger charge is -2.40. The highest BCUT2D eigenvalue weighted by atomic mass is 16.7. The smallest absolute Gasteiger partial charge is 0.224 e. The van der Waals surface area contributed by atoms with E-state index < -0.39 is 49.5 Å². The van der Waals surface area contributed by atoms with Gasteiger partial charge < -0.3 is 40.3 Å². The second kappa shape index (κ2) is 29.1. The summed E-state index contributed by atoms with van der Waals surface area (Å²) in [6.45, 7) is 3.39. The molecule has 1 heterocycles. The van der Waals surface area contributed by atoms with Gasteiger partial charge in [-0.3, -0.25) is 4.79 Å². The predicted octanol–water partition coefficient (Wildman–Crippen LogP) is 5.43. The Morgan fingerprint density at radius 1 is 0.688 bits per heavy atom. The summed E-state index contributed by atoms with van der Waals surface area (Å²) in [5.74, 6) is -0.327. The number of nitrogens with one attached hydrogen (secondary N) is 1. The van der Waals surface area contributed by atoms with Crippen molar-refractivity contribution in [3.05, 3.63) is 97.2 Å². The Morgan fingerprint density at radius 3 is 1.71 bits per heavy atom. The molecule has 9 heteroatoms. The summed E-state index contributed by atoms with van der Waals surface area (Å²) in [5, 5.41) is 53.6. The molecule has 1 saturated heterocycles. The SMILES string of the molecule is CC/C=C\C/C=C\C/C=C\C/C=C\C/C=C\CC(=O)NC(COC1OC(CO)C(O)C(O)C1O)C(O)/C=C/CC/C=C/CC/C=C/CC. The first-order valence-corrected chi connectivity index (χ1v) is 17.5. The molecule has 1 amide bonds. The van der Waals surface area contributed by atoms with Gasteiger partial charge in [0.15, 0.2) is 6.29 Å². The molecule has 0 bridgehead atoms. The van der Waals surface area contributed by atoms with Crippen molar-refractivity contribution in [1.29, 1.82) is 0 Å². The number of aliphatic hydroxyl groups excluding tert-OH is 5. The van der Waals surface area contributed by atoms with Gasteiger partial charge in [-0.1, -0.05) is 111 Å². The van der Waals surface area contributed by atoms with Gasteiger partial charge >= 0.3 is 0 Å². The van der Waals surface area contributed by atoms with Crippen LogP contribution in [0.3, 0.4) is 0 Å². The number of aliphatic hydroxyl groups is 5. The quantitative estimate of drug-likeness (QED) is 0.0556. The van der Waals surface area contributed by atoms with Gasteiger partial charge in [-0.25, -0.2) is 0 Å². The van der Waals surface area contributed by atoms with Crippen molar-refractivity contribution in [3.8, 4) is 0 Å². The van der Waals surface area contributed by atoms with Crippen molar-refractivity contribution in [1.82, 2.24) is 5.32 Å². The average molecular weight is 672 g/mol. The summed E-state index contributed by atoms with van der Waals surface area (Å²) >= 11 is 0. The third-order valence-electron chi connectivity index (χ3n) is 7.41. The zero-order valence-electron chi connectivity index (χ0n) is 28.9. The largest absolute Gasteiger partial charge is 0.394 e. The van der Waals surface area contributed by atoms with Gasteiger partial charge in [-0.15, -0.1) is 0 Å². The van der Waals surface area contributed by atoms with Gasteiger partial charge in [0.1, 0.15) is 24.4 Å². The van der Waals surface area contributed by atoms with E-state index in [-0.39, 0.29) is 18.9 Å². The van der Waals surface area contributed by atoms with E-state index in [0.717, 1.165) is 51.4 Å². The number of unbranched alkanes of at least 4 members (excludes halogenated alkanes) is 2. The zero-order valence-corrected chi connectivity index (χ0v) is 28.9. The van der Waals surface area contributed by atoms with Crippen LogP contribution in [0.25, 0.3) is 0 Å². The monoisotopic (exact) mass is 671 g/mol. The molecule has 48 heavy (non-hydrogen) atoms. The van der Waals surface area contributed by atoms with E-state index in [1.165, 1.54) is 0 Å². The Balaban J connectivity index is 2.61. The Hall–Kier alpha value is -2.89. The van der Waals surface area contributed by atoms with Crippen LogP contribution in [-0.4, -0.2) is 87.5 Å². The molecule has 1 aliphatic rings. The number of allylic oxidation sites excluding steroid dienone is 14. The number of carbonyl (C=O) groups excluding carboxylic acids is 1. The van der Waals surface area contributed by atoms with Gasteiger partial charge in [0.25, 0.3) is 0 Å². The molecule has 0 aromatic carbocycles. The first-order chi connectivity index (χ1) is 23.3. The van der Waals surface area contributed by atoms with Crippen LogP contribution in [0.5, 0.6) is 0 Å². The molecule has 0 saturated carbocycles. The van der Waals surface area contributed by atoms with Crippen LogP contribution in [0.2, 0.25) is 0 Å². The summed E-state index contributed by atoms with van der Waals surface area (Å²) in [4.78, 5) is 12.8. The van der Waals surface area contributed by atoms with Crippen LogP contribution in [0, 0.1) is 0 Å². The van der Waals surface area contributed by atoms with Crippen LogP contribution in [0.4, 0.5) is 0 Å². The van der Waals surface area contributed by atoms with Crippen LogP contribution in [-0.2, 0) is 14.3 Å². The molecule has 1 rings (SSSR count). The Morgan fingerprint density at radius 2 is 1.17 bits per heavy atom. The molecule has 0 aromatic rings. The minimum atomic E-state index is -1.59. The fourth-order valence-electron chi connectivity index (χ4n) is 4.61. The van der Waals surface area contributed by atoms with Crippen molar-refractivity contribution in [2.75, 3.05) is 13.2 Å². The van der Waals surface area contributed by atoms with E-state index in [9.17, 15) is 30.3 Å². The molecule has 7 atom stereocenters. The number of hydrogen-bond donors (Lipinski definition) is 6. The van der Waals surface area contributed by atoms with Crippen molar-refractivity contribution < 1.29 is 39.8 Å². The molecule has 0 radical (unpaired) electrons. The van der Waals surface area contributed by atoms with Gasteiger partial charge in [0.05, 0.1) is 25.4 Å². The number of carbonyl (C=O) groups is 1. The van der Waals surface area contributed by atoms with E-state index in [1.54, 1.807) is 12.2 Å². The first kappa shape index (κ1) is 43.1. The normalized spacial score (nSPS) is 23.9. The van der Waals surface area contributed by atoms with Crippen LogP contribution < -0.4 is 5.32 Å². The second-order valence-electron chi connectivity index (χ2n) is 11.5. The van der Waals surface area contributed by atoms with Gasteiger partial charge in [0, 0.05) is 6.42 Å². The topological polar surface area (TPSA) is 149 Å². The maximum Gasteiger partial charge on any atom is 0.224 e. The molecule has 7 unspecified atom stereocenters. The molecule has 9 nitrogen and oxygen atoms in total. The minimum Gasteiger partial charge on any atom is -0.394 e. The van der Waals surface area contributed by atoms with Crippen molar-refractivity contribution in [2.45, 2.75) is 127 Å². The first-order valence-electron chi connectivity index (χ1n) is 17.5. The molecule has 0 aliphatic carbocycles. The van der Waals surface area contributed by atoms with Crippen LogP contribution >= 0.6 is 0 Å². The molecule has 6 N–H and O–H groups in total.